The minimum absolute atomic E-state index is 0.364. The van der Waals surface area contributed by atoms with E-state index in [9.17, 15) is 4.79 Å². The predicted octanol–water partition coefficient (Wildman–Crippen LogP) is 2.87. The van der Waals surface area contributed by atoms with Gasteiger partial charge in [-0.2, -0.15) is 0 Å². The molecule has 1 aromatic heterocycles. The average molecular weight is 309 g/mol. The number of carboxylic acids is 1. The van der Waals surface area contributed by atoms with E-state index in [4.69, 9.17) is 5.11 Å². The molecule has 1 aliphatic heterocycles. The molecule has 23 heavy (non-hydrogen) atoms. The molecule has 0 unspecified atom stereocenters. The second-order valence-corrected chi connectivity index (χ2v) is 5.56. The van der Waals surface area contributed by atoms with Crippen LogP contribution in [-0.4, -0.2) is 35.2 Å². The van der Waals surface area contributed by atoms with Gasteiger partial charge < -0.3 is 15.3 Å². The normalized spacial score (nSPS) is 17.6. The zero-order valence-corrected chi connectivity index (χ0v) is 12.7. The summed E-state index contributed by atoms with van der Waals surface area (Å²) in [5, 5.41) is 12.1. The highest BCUT2D eigenvalue weighted by Crippen LogP contribution is 2.21. The highest BCUT2D eigenvalue weighted by atomic mass is 16.4. The summed E-state index contributed by atoms with van der Waals surface area (Å²) < 4.78 is 0. The monoisotopic (exact) mass is 309 g/mol. The molecule has 0 spiro atoms. The van der Waals surface area contributed by atoms with Gasteiger partial charge >= 0.3 is 5.97 Å². The molecule has 0 amide bonds. The van der Waals surface area contributed by atoms with Gasteiger partial charge in [-0.1, -0.05) is 18.2 Å². The standard InChI is InChI=1S/C18H19N3O2/c22-18(23)9-7-14-6-8-17(19-12-14)20-15-10-11-21(13-15)16-4-2-1-3-5-16/h1-9,12,15H,10-11,13H2,(H,19,20)(H,22,23)/b9-7+/t15-/m1/s1. The topological polar surface area (TPSA) is 65.5 Å². The molecular weight excluding hydrogens is 290 g/mol. The maximum atomic E-state index is 10.5. The van der Waals surface area contributed by atoms with Crippen LogP contribution in [0.2, 0.25) is 0 Å². The Hall–Kier alpha value is -2.82. The first-order valence-corrected chi connectivity index (χ1v) is 7.64. The van der Waals surface area contributed by atoms with Gasteiger partial charge in [0.25, 0.3) is 0 Å². The molecule has 1 aromatic carbocycles. The first-order chi connectivity index (χ1) is 11.2. The van der Waals surface area contributed by atoms with Gasteiger partial charge in [-0.3, -0.25) is 0 Å². The molecular formula is C18H19N3O2. The average Bonchev–Trinajstić information content (AvgIpc) is 3.03. The predicted molar refractivity (Wildman–Crippen MR) is 91.6 cm³/mol. The van der Waals surface area contributed by atoms with Crippen molar-refractivity contribution in [2.75, 3.05) is 23.3 Å². The SMILES string of the molecule is O=C(O)/C=C/c1ccc(N[C@@H]2CCN(c3ccccc3)C2)nc1. The minimum Gasteiger partial charge on any atom is -0.478 e. The maximum Gasteiger partial charge on any atom is 0.328 e. The second-order valence-electron chi connectivity index (χ2n) is 5.56. The second kappa shape index (κ2) is 6.96. The molecule has 2 heterocycles. The third-order valence-electron chi connectivity index (χ3n) is 3.87. The van der Waals surface area contributed by atoms with Crippen molar-refractivity contribution in [1.82, 2.24) is 4.98 Å². The van der Waals surface area contributed by atoms with Crippen molar-refractivity contribution < 1.29 is 9.90 Å². The Kier molecular flexibility index (Phi) is 4.57. The number of anilines is 2. The number of nitrogens with zero attached hydrogens (tertiary/aromatic N) is 2. The van der Waals surface area contributed by atoms with Crippen LogP contribution < -0.4 is 10.2 Å². The molecule has 2 aromatic rings. The summed E-state index contributed by atoms with van der Waals surface area (Å²) in [6.45, 7) is 1.98. The summed E-state index contributed by atoms with van der Waals surface area (Å²) in [6, 6.07) is 14.5. The van der Waals surface area contributed by atoms with Gasteiger partial charge in [0.1, 0.15) is 5.82 Å². The number of carboxylic acid groups (broad SMARTS) is 1. The molecule has 0 saturated carbocycles. The first-order valence-electron chi connectivity index (χ1n) is 7.64. The molecule has 1 saturated heterocycles. The quantitative estimate of drug-likeness (QED) is 0.831. The summed E-state index contributed by atoms with van der Waals surface area (Å²) >= 11 is 0. The van der Waals surface area contributed by atoms with Crippen LogP contribution >= 0.6 is 0 Å². The number of aromatic nitrogens is 1. The third kappa shape index (κ3) is 4.10. The van der Waals surface area contributed by atoms with E-state index < -0.39 is 5.97 Å². The van der Waals surface area contributed by atoms with E-state index in [2.05, 4.69) is 39.5 Å². The molecule has 2 N–H and O–H groups in total. The van der Waals surface area contributed by atoms with Crippen LogP contribution in [-0.2, 0) is 4.79 Å². The van der Waals surface area contributed by atoms with Crippen LogP contribution in [0.4, 0.5) is 11.5 Å². The molecule has 3 rings (SSSR count). The van der Waals surface area contributed by atoms with E-state index in [-0.39, 0.29) is 0 Å². The molecule has 5 nitrogen and oxygen atoms in total. The summed E-state index contributed by atoms with van der Waals surface area (Å²) in [5.41, 5.74) is 2.02. The van der Waals surface area contributed by atoms with E-state index in [1.54, 1.807) is 6.20 Å². The number of para-hydroxylation sites is 1. The van der Waals surface area contributed by atoms with Crippen LogP contribution in [0, 0.1) is 0 Å². The van der Waals surface area contributed by atoms with E-state index in [0.717, 1.165) is 37.0 Å². The van der Waals surface area contributed by atoms with Gasteiger partial charge in [0.2, 0.25) is 0 Å². The van der Waals surface area contributed by atoms with Crippen molar-refractivity contribution in [2.24, 2.45) is 0 Å². The van der Waals surface area contributed by atoms with Crippen molar-refractivity contribution >= 4 is 23.6 Å². The summed E-state index contributed by atoms with van der Waals surface area (Å²) in [6.07, 6.45) is 5.38. The number of hydrogen-bond donors (Lipinski definition) is 2. The van der Waals surface area contributed by atoms with Crippen LogP contribution in [0.25, 0.3) is 6.08 Å². The number of rotatable bonds is 5. The highest BCUT2D eigenvalue weighted by Gasteiger charge is 2.22. The van der Waals surface area contributed by atoms with Crippen molar-refractivity contribution in [3.63, 3.8) is 0 Å². The lowest BCUT2D eigenvalue weighted by Crippen LogP contribution is -2.26. The van der Waals surface area contributed by atoms with E-state index >= 15 is 0 Å². The van der Waals surface area contributed by atoms with Crippen molar-refractivity contribution in [3.8, 4) is 0 Å². The van der Waals surface area contributed by atoms with Gasteiger partial charge in [0, 0.05) is 37.1 Å². The Balaban J connectivity index is 1.57. The number of hydrogen-bond acceptors (Lipinski definition) is 4. The largest absolute Gasteiger partial charge is 0.478 e. The smallest absolute Gasteiger partial charge is 0.328 e. The minimum atomic E-state index is -0.959. The summed E-state index contributed by atoms with van der Waals surface area (Å²) in [7, 11) is 0. The van der Waals surface area contributed by atoms with Crippen LogP contribution in [0.5, 0.6) is 0 Å². The van der Waals surface area contributed by atoms with Gasteiger partial charge in [-0.05, 0) is 42.3 Å². The van der Waals surface area contributed by atoms with Crippen molar-refractivity contribution in [3.05, 3.63) is 60.3 Å². The summed E-state index contributed by atoms with van der Waals surface area (Å²) in [4.78, 5) is 17.2. The lowest BCUT2D eigenvalue weighted by atomic mass is 10.2. The Morgan fingerprint density at radius 3 is 2.78 bits per heavy atom. The third-order valence-corrected chi connectivity index (χ3v) is 3.87. The van der Waals surface area contributed by atoms with Crippen LogP contribution in [0.1, 0.15) is 12.0 Å². The number of pyridine rings is 1. The highest BCUT2D eigenvalue weighted by molar-refractivity contribution is 5.85. The molecule has 0 radical (unpaired) electrons. The Morgan fingerprint density at radius 1 is 1.26 bits per heavy atom. The molecule has 5 heteroatoms. The number of aliphatic carboxylic acids is 1. The van der Waals surface area contributed by atoms with Crippen LogP contribution in [0.15, 0.2) is 54.7 Å². The molecule has 0 aliphatic carbocycles. The maximum absolute atomic E-state index is 10.5. The fourth-order valence-electron chi connectivity index (χ4n) is 2.72. The molecule has 1 fully saturated rings. The molecule has 1 atom stereocenters. The fraction of sp³-hybridized carbons (Fsp3) is 0.222. The zero-order chi connectivity index (χ0) is 16.1. The summed E-state index contributed by atoms with van der Waals surface area (Å²) in [5.74, 6) is -0.142. The Bertz CT molecular complexity index is 683. The van der Waals surface area contributed by atoms with Crippen molar-refractivity contribution in [1.29, 1.82) is 0 Å². The first kappa shape index (κ1) is 15.1. The van der Waals surface area contributed by atoms with Crippen LogP contribution in [0.3, 0.4) is 0 Å². The Labute approximate surface area is 135 Å². The van der Waals surface area contributed by atoms with Gasteiger partial charge in [0.05, 0.1) is 0 Å². The molecule has 1 aliphatic rings. The zero-order valence-electron chi connectivity index (χ0n) is 12.7. The fourth-order valence-corrected chi connectivity index (χ4v) is 2.72. The van der Waals surface area contributed by atoms with Crippen molar-refractivity contribution in [2.45, 2.75) is 12.5 Å². The van der Waals surface area contributed by atoms with E-state index in [1.807, 2.05) is 18.2 Å². The molecule has 118 valence electrons. The van der Waals surface area contributed by atoms with Gasteiger partial charge in [0.15, 0.2) is 0 Å². The number of carbonyl (C=O) groups is 1. The van der Waals surface area contributed by atoms with E-state index in [0.29, 0.717) is 6.04 Å². The van der Waals surface area contributed by atoms with Gasteiger partial charge in [-0.25, -0.2) is 9.78 Å². The van der Waals surface area contributed by atoms with E-state index in [1.165, 1.54) is 11.8 Å². The molecule has 0 bridgehead atoms. The number of benzene rings is 1. The number of nitrogens with one attached hydrogen (secondary N) is 1. The lowest BCUT2D eigenvalue weighted by Gasteiger charge is -2.19. The Morgan fingerprint density at radius 2 is 2.09 bits per heavy atom. The lowest BCUT2D eigenvalue weighted by molar-refractivity contribution is -0.131. The van der Waals surface area contributed by atoms with Gasteiger partial charge in [-0.15, -0.1) is 0 Å².